The molecule has 1 N–H and O–H groups in total. The molecule has 1 saturated carbocycles. The molecular weight excluding hydrogens is 445 g/mol. The van der Waals surface area contributed by atoms with E-state index < -0.39 is 5.82 Å². The second-order valence-corrected chi connectivity index (χ2v) is 9.60. The van der Waals surface area contributed by atoms with Crippen LogP contribution in [-0.4, -0.2) is 61.4 Å². The topological polar surface area (TPSA) is 55.7 Å². The van der Waals surface area contributed by atoms with E-state index in [2.05, 4.69) is 26.9 Å². The summed E-state index contributed by atoms with van der Waals surface area (Å²) >= 11 is 0. The Morgan fingerprint density at radius 3 is 2.66 bits per heavy atom. The molecule has 1 amide bonds. The van der Waals surface area contributed by atoms with Crippen LogP contribution in [0.2, 0.25) is 0 Å². The van der Waals surface area contributed by atoms with Crippen molar-refractivity contribution in [1.82, 2.24) is 14.8 Å². The quantitative estimate of drug-likeness (QED) is 0.542. The number of fused-ring (bicyclic) bond motifs is 1. The molecule has 5 rings (SSSR count). The molecule has 7 heteroatoms. The Kier molecular flexibility index (Phi) is 7.07. The van der Waals surface area contributed by atoms with Crippen molar-refractivity contribution in [1.29, 1.82) is 0 Å². The molecule has 3 aromatic rings. The molecule has 0 bridgehead atoms. The number of carbonyl (C=O) groups excluding carboxylic acids is 1. The minimum absolute atomic E-state index is 0.0616. The summed E-state index contributed by atoms with van der Waals surface area (Å²) < 4.78 is 27.7. The van der Waals surface area contributed by atoms with Crippen molar-refractivity contribution in [2.75, 3.05) is 40.0 Å². The van der Waals surface area contributed by atoms with Crippen LogP contribution < -0.4 is 10.1 Å². The van der Waals surface area contributed by atoms with E-state index in [9.17, 15) is 9.18 Å². The van der Waals surface area contributed by atoms with Crippen LogP contribution in [0.15, 0.2) is 42.5 Å². The molecular formula is C28H34FN3O3. The van der Waals surface area contributed by atoms with Crippen molar-refractivity contribution in [3.8, 4) is 5.75 Å². The van der Waals surface area contributed by atoms with Gasteiger partial charge in [0.2, 0.25) is 0 Å². The molecule has 2 aromatic carbocycles. The highest BCUT2D eigenvalue weighted by atomic mass is 19.1. The maximum absolute atomic E-state index is 14.6. The summed E-state index contributed by atoms with van der Waals surface area (Å²) in [6.45, 7) is 6.71. The predicted molar refractivity (Wildman–Crippen MR) is 135 cm³/mol. The number of benzene rings is 2. The lowest BCUT2D eigenvalue weighted by atomic mass is 9.94. The fourth-order valence-electron chi connectivity index (χ4n) is 5.80. The molecule has 2 heterocycles. The maximum Gasteiger partial charge on any atom is 0.253 e. The third-order valence-corrected chi connectivity index (χ3v) is 7.60. The smallest absolute Gasteiger partial charge is 0.253 e. The minimum atomic E-state index is -0.406. The van der Waals surface area contributed by atoms with Gasteiger partial charge in [0.05, 0.1) is 31.4 Å². The van der Waals surface area contributed by atoms with Crippen molar-refractivity contribution >= 4 is 16.8 Å². The van der Waals surface area contributed by atoms with Gasteiger partial charge in [-0.05, 0) is 31.4 Å². The molecule has 2 atom stereocenters. The summed E-state index contributed by atoms with van der Waals surface area (Å²) in [6.07, 6.45) is 3.07. The van der Waals surface area contributed by atoms with E-state index in [1.165, 1.54) is 17.7 Å². The lowest BCUT2D eigenvalue weighted by Crippen LogP contribution is -2.38. The van der Waals surface area contributed by atoms with Crippen LogP contribution in [-0.2, 0) is 11.3 Å². The summed E-state index contributed by atoms with van der Waals surface area (Å²) in [5.41, 5.74) is 3.41. The first kappa shape index (κ1) is 23.8. The number of methoxy groups -OCH3 is 1. The molecule has 0 spiro atoms. The number of aromatic nitrogens is 1. The van der Waals surface area contributed by atoms with Crippen molar-refractivity contribution in [3.05, 3.63) is 65.1 Å². The van der Waals surface area contributed by atoms with Crippen LogP contribution in [0, 0.1) is 12.7 Å². The van der Waals surface area contributed by atoms with E-state index in [0.29, 0.717) is 29.2 Å². The summed E-state index contributed by atoms with van der Waals surface area (Å²) in [4.78, 5) is 16.1. The average molecular weight is 480 g/mol. The fourth-order valence-corrected chi connectivity index (χ4v) is 5.80. The number of morpholine rings is 1. The first-order valence-electron chi connectivity index (χ1n) is 12.6. The molecule has 186 valence electrons. The molecule has 1 aliphatic heterocycles. The van der Waals surface area contributed by atoms with E-state index in [-0.39, 0.29) is 11.9 Å². The SMILES string of the molecule is COc1cc(F)cc2c(C(=O)NC3CCC[C@H]3c3ccccc3)c(C)n(CCN3CCOCC3)c12. The second-order valence-electron chi connectivity index (χ2n) is 9.60. The number of amides is 1. The molecule has 1 aromatic heterocycles. The second kappa shape index (κ2) is 10.4. The Labute approximate surface area is 206 Å². The Bertz CT molecular complexity index is 1190. The monoisotopic (exact) mass is 479 g/mol. The zero-order chi connectivity index (χ0) is 24.4. The Morgan fingerprint density at radius 2 is 1.91 bits per heavy atom. The Balaban J connectivity index is 1.47. The number of halogens is 1. The zero-order valence-electron chi connectivity index (χ0n) is 20.6. The number of nitrogens with one attached hydrogen (secondary N) is 1. The van der Waals surface area contributed by atoms with Crippen LogP contribution in [0.25, 0.3) is 10.9 Å². The summed E-state index contributed by atoms with van der Waals surface area (Å²) in [7, 11) is 1.55. The van der Waals surface area contributed by atoms with Gasteiger partial charge in [-0.25, -0.2) is 4.39 Å². The van der Waals surface area contributed by atoms with Crippen LogP contribution >= 0.6 is 0 Å². The normalized spacial score (nSPS) is 20.9. The first-order valence-corrected chi connectivity index (χ1v) is 12.6. The number of rotatable bonds is 7. The van der Waals surface area contributed by atoms with Crippen LogP contribution in [0.1, 0.15) is 46.8 Å². The van der Waals surface area contributed by atoms with Gasteiger partial charge < -0.3 is 19.4 Å². The average Bonchev–Trinajstić information content (AvgIpc) is 3.44. The van der Waals surface area contributed by atoms with Crippen molar-refractivity contribution in [2.45, 2.75) is 44.7 Å². The molecule has 1 unspecified atom stereocenters. The van der Waals surface area contributed by atoms with Gasteiger partial charge in [0.25, 0.3) is 5.91 Å². The third kappa shape index (κ3) is 4.80. The van der Waals surface area contributed by atoms with Gasteiger partial charge in [0.15, 0.2) is 0 Å². The van der Waals surface area contributed by atoms with Gasteiger partial charge >= 0.3 is 0 Å². The van der Waals surface area contributed by atoms with Crippen molar-refractivity contribution in [3.63, 3.8) is 0 Å². The standard InChI is InChI=1S/C28H34FN3O3/c1-19-26(28(33)30-24-10-6-9-22(24)20-7-4-3-5-8-20)23-17-21(29)18-25(34-2)27(23)32(19)12-11-31-13-15-35-16-14-31/h3-5,7-8,17-18,22,24H,6,9-16H2,1-2H3,(H,30,33)/t22-,24?/m0/s1. The lowest BCUT2D eigenvalue weighted by Gasteiger charge is -2.27. The highest BCUT2D eigenvalue weighted by Crippen LogP contribution is 2.37. The summed E-state index contributed by atoms with van der Waals surface area (Å²) in [5, 5.41) is 3.91. The number of nitrogens with zero attached hydrogens (tertiary/aromatic N) is 2. The molecule has 2 fully saturated rings. The van der Waals surface area contributed by atoms with Crippen LogP contribution in [0.4, 0.5) is 4.39 Å². The molecule has 35 heavy (non-hydrogen) atoms. The highest BCUT2D eigenvalue weighted by molar-refractivity contribution is 6.10. The highest BCUT2D eigenvalue weighted by Gasteiger charge is 2.32. The molecule has 0 radical (unpaired) electrons. The first-order chi connectivity index (χ1) is 17.1. The lowest BCUT2D eigenvalue weighted by molar-refractivity contribution is 0.0365. The number of hydrogen-bond acceptors (Lipinski definition) is 4. The third-order valence-electron chi connectivity index (χ3n) is 7.60. The van der Waals surface area contributed by atoms with Gasteiger partial charge in [-0.2, -0.15) is 0 Å². The van der Waals surface area contributed by atoms with E-state index in [0.717, 1.165) is 63.3 Å². The summed E-state index contributed by atoms with van der Waals surface area (Å²) in [6, 6.07) is 13.3. The predicted octanol–water partition coefficient (Wildman–Crippen LogP) is 4.50. The fraction of sp³-hybridized carbons (Fsp3) is 0.464. The van der Waals surface area contributed by atoms with E-state index in [4.69, 9.17) is 9.47 Å². The minimum Gasteiger partial charge on any atom is -0.494 e. The van der Waals surface area contributed by atoms with Crippen LogP contribution in [0.3, 0.4) is 0 Å². The molecule has 2 aliphatic rings. The van der Waals surface area contributed by atoms with E-state index >= 15 is 0 Å². The molecule has 6 nitrogen and oxygen atoms in total. The van der Waals surface area contributed by atoms with Crippen molar-refractivity contribution < 1.29 is 18.7 Å². The molecule has 1 aliphatic carbocycles. The largest absolute Gasteiger partial charge is 0.494 e. The van der Waals surface area contributed by atoms with Gasteiger partial charge in [0.1, 0.15) is 11.6 Å². The zero-order valence-corrected chi connectivity index (χ0v) is 20.6. The van der Waals surface area contributed by atoms with E-state index in [1.54, 1.807) is 7.11 Å². The summed E-state index contributed by atoms with van der Waals surface area (Å²) in [5.74, 6) is 0.198. The molecule has 1 saturated heterocycles. The van der Waals surface area contributed by atoms with E-state index in [1.807, 2.05) is 25.1 Å². The maximum atomic E-state index is 14.6. The van der Waals surface area contributed by atoms with Gasteiger partial charge in [0, 0.05) is 55.3 Å². The van der Waals surface area contributed by atoms with Gasteiger partial charge in [-0.15, -0.1) is 0 Å². The Morgan fingerprint density at radius 1 is 1.14 bits per heavy atom. The Hall–Kier alpha value is -2.90. The number of hydrogen-bond donors (Lipinski definition) is 1. The van der Waals surface area contributed by atoms with Crippen molar-refractivity contribution in [2.24, 2.45) is 0 Å². The number of carbonyl (C=O) groups is 1. The van der Waals surface area contributed by atoms with Gasteiger partial charge in [-0.3, -0.25) is 9.69 Å². The van der Waals surface area contributed by atoms with Gasteiger partial charge in [-0.1, -0.05) is 36.8 Å². The number of ether oxygens (including phenoxy) is 2. The van der Waals surface area contributed by atoms with Crippen LogP contribution in [0.5, 0.6) is 5.75 Å².